The molecule has 0 unspecified atom stereocenters. The fraction of sp³-hybridized carbons (Fsp3) is 0.182. The summed E-state index contributed by atoms with van der Waals surface area (Å²) < 4.78 is 59.5. The van der Waals surface area contributed by atoms with E-state index in [1.54, 1.807) is 36.4 Å². The highest BCUT2D eigenvalue weighted by atomic mass is 19.4. The van der Waals surface area contributed by atoms with Gasteiger partial charge >= 0.3 is 6.18 Å². The minimum absolute atomic E-state index is 0.100. The van der Waals surface area contributed by atoms with Crippen LogP contribution < -0.4 is 10.3 Å². The second kappa shape index (κ2) is 7.90. The van der Waals surface area contributed by atoms with E-state index in [1.165, 1.54) is 40.6 Å². The average molecular weight is 431 g/mol. The molecular formula is C22H17F4N3O2. The fourth-order valence-electron chi connectivity index (χ4n) is 3.23. The van der Waals surface area contributed by atoms with Gasteiger partial charge in [0.05, 0.1) is 16.7 Å². The van der Waals surface area contributed by atoms with Crippen LogP contribution in [0.25, 0.3) is 16.7 Å². The molecule has 0 N–H and O–H groups in total. The zero-order valence-corrected chi connectivity index (χ0v) is 16.4. The summed E-state index contributed by atoms with van der Waals surface area (Å²) in [5.74, 6) is -0.0987. The second-order valence-corrected chi connectivity index (χ2v) is 7.04. The van der Waals surface area contributed by atoms with Crippen molar-refractivity contribution in [2.75, 3.05) is 0 Å². The van der Waals surface area contributed by atoms with E-state index in [2.05, 4.69) is 4.98 Å². The molecule has 0 amide bonds. The van der Waals surface area contributed by atoms with E-state index >= 15 is 0 Å². The van der Waals surface area contributed by atoms with E-state index in [0.717, 1.165) is 5.56 Å². The van der Waals surface area contributed by atoms with Crippen LogP contribution in [-0.2, 0) is 20.1 Å². The molecule has 160 valence electrons. The lowest BCUT2D eigenvalue weighted by molar-refractivity contribution is -0.128. The summed E-state index contributed by atoms with van der Waals surface area (Å²) in [4.78, 5) is 16.6. The van der Waals surface area contributed by atoms with Crippen LogP contribution in [0.2, 0.25) is 0 Å². The number of alkyl halides is 3. The van der Waals surface area contributed by atoms with E-state index in [4.69, 9.17) is 4.74 Å². The van der Waals surface area contributed by atoms with Crippen molar-refractivity contribution in [1.82, 2.24) is 14.1 Å². The molecule has 2 aromatic heterocycles. The zero-order valence-electron chi connectivity index (χ0n) is 16.4. The average Bonchev–Trinajstić information content (AvgIpc) is 3.01. The number of halogens is 4. The van der Waals surface area contributed by atoms with Gasteiger partial charge < -0.3 is 9.30 Å². The Hall–Kier alpha value is -3.62. The number of aryl methyl sites for hydroxylation is 1. The number of hydrogen-bond donors (Lipinski definition) is 0. The van der Waals surface area contributed by atoms with Gasteiger partial charge in [-0.2, -0.15) is 13.2 Å². The molecule has 31 heavy (non-hydrogen) atoms. The van der Waals surface area contributed by atoms with Crippen molar-refractivity contribution in [1.29, 1.82) is 0 Å². The Balaban J connectivity index is 1.58. The number of ether oxygens (including phenoxy) is 1. The van der Waals surface area contributed by atoms with Crippen molar-refractivity contribution < 1.29 is 22.3 Å². The van der Waals surface area contributed by atoms with Crippen molar-refractivity contribution in [3.63, 3.8) is 0 Å². The molecule has 5 nitrogen and oxygen atoms in total. The molecule has 0 saturated heterocycles. The first-order chi connectivity index (χ1) is 14.7. The Bertz CT molecular complexity index is 1290. The van der Waals surface area contributed by atoms with Gasteiger partial charge in [-0.1, -0.05) is 12.1 Å². The molecule has 0 radical (unpaired) electrons. The summed E-state index contributed by atoms with van der Waals surface area (Å²) in [5, 5.41) is 0. The molecular weight excluding hydrogens is 414 g/mol. The molecule has 0 atom stereocenters. The predicted octanol–water partition coefficient (Wildman–Crippen LogP) is 4.55. The first-order valence-electron chi connectivity index (χ1n) is 9.32. The normalized spacial score (nSPS) is 11.8. The van der Waals surface area contributed by atoms with Gasteiger partial charge in [0.15, 0.2) is 0 Å². The Morgan fingerprint density at radius 1 is 1.03 bits per heavy atom. The van der Waals surface area contributed by atoms with Crippen LogP contribution in [-0.4, -0.2) is 20.3 Å². The number of fused-ring (bicyclic) bond motifs is 1. The Morgan fingerprint density at radius 2 is 1.77 bits per heavy atom. The molecule has 4 aromatic rings. The van der Waals surface area contributed by atoms with Crippen molar-refractivity contribution in [2.45, 2.75) is 19.2 Å². The third-order valence-electron chi connectivity index (χ3n) is 4.80. The van der Waals surface area contributed by atoms with Crippen molar-refractivity contribution in [3.8, 4) is 11.4 Å². The summed E-state index contributed by atoms with van der Waals surface area (Å²) in [6.45, 7) is 0.173. The van der Waals surface area contributed by atoms with Crippen molar-refractivity contribution in [3.05, 3.63) is 88.4 Å². The Labute approximate surface area is 174 Å². The monoisotopic (exact) mass is 431 g/mol. The van der Waals surface area contributed by atoms with Gasteiger partial charge in [0, 0.05) is 19.3 Å². The van der Waals surface area contributed by atoms with E-state index < -0.39 is 12.6 Å². The Kier molecular flexibility index (Phi) is 5.26. The van der Waals surface area contributed by atoms with Gasteiger partial charge in [0.25, 0.3) is 5.56 Å². The van der Waals surface area contributed by atoms with Crippen LogP contribution in [0.5, 0.6) is 5.75 Å². The number of imidazole rings is 1. The smallest absolute Gasteiger partial charge is 0.396 e. The lowest BCUT2D eigenvalue weighted by Gasteiger charge is -2.10. The first kappa shape index (κ1) is 20.6. The van der Waals surface area contributed by atoms with Gasteiger partial charge in [0.2, 0.25) is 0 Å². The minimum Gasteiger partial charge on any atom is -0.489 e. The molecule has 0 aliphatic rings. The van der Waals surface area contributed by atoms with Crippen LogP contribution in [0.1, 0.15) is 11.4 Å². The highest BCUT2D eigenvalue weighted by molar-refractivity contribution is 5.78. The van der Waals surface area contributed by atoms with E-state index in [9.17, 15) is 22.4 Å². The number of pyridine rings is 1. The lowest BCUT2D eigenvalue weighted by Crippen LogP contribution is -2.17. The molecule has 0 aliphatic heterocycles. The van der Waals surface area contributed by atoms with Gasteiger partial charge in [-0.15, -0.1) is 0 Å². The maximum Gasteiger partial charge on any atom is 0.396 e. The van der Waals surface area contributed by atoms with E-state index in [1.807, 2.05) is 0 Å². The summed E-state index contributed by atoms with van der Waals surface area (Å²) in [6, 6.07) is 13.6. The molecule has 0 aliphatic carbocycles. The maximum atomic E-state index is 13.0. The quantitative estimate of drug-likeness (QED) is 0.436. The predicted molar refractivity (Wildman–Crippen MR) is 107 cm³/mol. The minimum atomic E-state index is -4.36. The number of benzene rings is 2. The van der Waals surface area contributed by atoms with Gasteiger partial charge in [-0.3, -0.25) is 9.36 Å². The first-order valence-corrected chi connectivity index (χ1v) is 9.32. The number of aromatic nitrogens is 3. The van der Waals surface area contributed by atoms with Gasteiger partial charge in [-0.25, -0.2) is 9.37 Å². The number of rotatable bonds is 5. The molecule has 4 rings (SSSR count). The van der Waals surface area contributed by atoms with Crippen LogP contribution in [0.3, 0.4) is 0 Å². The lowest BCUT2D eigenvalue weighted by atomic mass is 10.2. The van der Waals surface area contributed by atoms with Gasteiger partial charge in [0.1, 0.15) is 30.4 Å². The molecule has 2 aromatic carbocycles. The molecule has 2 heterocycles. The zero-order chi connectivity index (χ0) is 22.2. The second-order valence-electron chi connectivity index (χ2n) is 7.04. The summed E-state index contributed by atoms with van der Waals surface area (Å²) in [5.41, 5.74) is 1.78. The molecule has 9 heteroatoms. The summed E-state index contributed by atoms with van der Waals surface area (Å²) in [7, 11) is 1.51. The fourth-order valence-corrected chi connectivity index (χ4v) is 3.23. The molecule has 0 bridgehead atoms. The third-order valence-corrected chi connectivity index (χ3v) is 4.80. The Morgan fingerprint density at radius 3 is 2.45 bits per heavy atom. The van der Waals surface area contributed by atoms with E-state index in [-0.39, 0.29) is 23.8 Å². The third kappa shape index (κ3) is 4.60. The van der Waals surface area contributed by atoms with Crippen molar-refractivity contribution >= 4 is 11.0 Å². The molecule has 0 saturated carbocycles. The van der Waals surface area contributed by atoms with Crippen molar-refractivity contribution in [2.24, 2.45) is 7.05 Å². The van der Waals surface area contributed by atoms with E-state index in [0.29, 0.717) is 22.5 Å². The van der Waals surface area contributed by atoms with Gasteiger partial charge in [-0.05, 0) is 42.0 Å². The summed E-state index contributed by atoms with van der Waals surface area (Å²) >= 11 is 0. The number of hydrogen-bond acceptors (Lipinski definition) is 3. The summed E-state index contributed by atoms with van der Waals surface area (Å²) in [6.07, 6.45) is -3.97. The largest absolute Gasteiger partial charge is 0.489 e. The topological polar surface area (TPSA) is 49.0 Å². The molecule has 0 fully saturated rings. The van der Waals surface area contributed by atoms with Crippen LogP contribution >= 0.6 is 0 Å². The SMILES string of the molecule is Cn1c(CC(F)(F)F)nc2ccc(-n3ccc(OCc4ccc(F)cc4)cc3=O)cc21. The van der Waals surface area contributed by atoms with Crippen LogP contribution in [0.4, 0.5) is 17.6 Å². The molecule has 0 spiro atoms. The van der Waals surface area contributed by atoms with Crippen LogP contribution in [0, 0.1) is 5.82 Å². The number of nitrogens with zero attached hydrogens (tertiary/aromatic N) is 3. The standard InChI is InChI=1S/C22H17F4N3O2/c1-28-19-10-16(6-7-18(19)27-20(28)12-22(24,25)26)29-9-8-17(11-21(29)30)31-13-14-2-4-15(23)5-3-14/h2-11H,12-13H2,1H3. The van der Waals surface area contributed by atoms with Crippen LogP contribution in [0.15, 0.2) is 65.6 Å². The highest BCUT2D eigenvalue weighted by Crippen LogP contribution is 2.25. The maximum absolute atomic E-state index is 13.0. The highest BCUT2D eigenvalue weighted by Gasteiger charge is 2.30.